The van der Waals surface area contributed by atoms with Crippen molar-refractivity contribution in [3.05, 3.63) is 53.7 Å². The lowest BCUT2D eigenvalue weighted by Gasteiger charge is -2.26. The summed E-state index contributed by atoms with van der Waals surface area (Å²) in [6, 6.07) is 6.70. The zero-order valence-corrected chi connectivity index (χ0v) is 11.4. The second-order valence-electron chi connectivity index (χ2n) is 5.29. The molecule has 1 heterocycles. The molecule has 0 saturated heterocycles. The molecule has 0 unspecified atom stereocenters. The fourth-order valence-electron chi connectivity index (χ4n) is 1.87. The number of hydrogen-bond donors (Lipinski definition) is 1. The lowest BCUT2D eigenvalue weighted by atomic mass is 9.84. The largest absolute Gasteiger partial charge is 0.368 e. The summed E-state index contributed by atoms with van der Waals surface area (Å²) in [5, 5.41) is 3.25. The maximum atomic E-state index is 13.3. The Morgan fingerprint density at radius 1 is 1.26 bits per heavy atom. The highest BCUT2D eigenvalue weighted by atomic mass is 19.1. The van der Waals surface area contributed by atoms with Crippen LogP contribution in [0.2, 0.25) is 0 Å². The molecular weight excluding hydrogens is 241 g/mol. The maximum Gasteiger partial charge on any atom is 0.144 e. The Bertz CT molecular complexity index is 567. The van der Waals surface area contributed by atoms with Crippen LogP contribution in [0, 0.1) is 12.7 Å². The van der Waals surface area contributed by atoms with Crippen LogP contribution in [0.25, 0.3) is 0 Å². The first-order valence-electron chi connectivity index (χ1n) is 6.26. The standard InChI is InChI=1S/C15H18FN3/c1-11-8-17-9-14(19-11)18-10-15(2,3)12-5-4-6-13(16)7-12/h4-9H,10H2,1-3H3,(H,18,19). The van der Waals surface area contributed by atoms with E-state index in [0.717, 1.165) is 17.1 Å². The number of nitrogens with one attached hydrogen (secondary N) is 1. The zero-order chi connectivity index (χ0) is 13.9. The third-order valence-corrected chi connectivity index (χ3v) is 3.07. The van der Waals surface area contributed by atoms with Crippen molar-refractivity contribution in [2.24, 2.45) is 0 Å². The topological polar surface area (TPSA) is 37.8 Å². The highest BCUT2D eigenvalue weighted by Gasteiger charge is 2.21. The number of aromatic nitrogens is 2. The van der Waals surface area contributed by atoms with Crippen molar-refractivity contribution in [2.75, 3.05) is 11.9 Å². The average molecular weight is 259 g/mol. The van der Waals surface area contributed by atoms with Crippen molar-refractivity contribution in [3.8, 4) is 0 Å². The van der Waals surface area contributed by atoms with E-state index < -0.39 is 0 Å². The number of rotatable bonds is 4. The van der Waals surface area contributed by atoms with E-state index in [4.69, 9.17) is 0 Å². The Labute approximate surface area is 112 Å². The Morgan fingerprint density at radius 3 is 2.74 bits per heavy atom. The smallest absolute Gasteiger partial charge is 0.144 e. The van der Waals surface area contributed by atoms with Gasteiger partial charge in [0, 0.05) is 18.2 Å². The Balaban J connectivity index is 2.09. The molecule has 19 heavy (non-hydrogen) atoms. The summed E-state index contributed by atoms with van der Waals surface area (Å²) in [5.74, 6) is 0.533. The van der Waals surface area contributed by atoms with Gasteiger partial charge in [-0.25, -0.2) is 9.37 Å². The quantitative estimate of drug-likeness (QED) is 0.915. The minimum absolute atomic E-state index is 0.187. The normalized spacial score (nSPS) is 11.4. The first-order chi connectivity index (χ1) is 8.97. The molecule has 0 atom stereocenters. The molecule has 1 aromatic heterocycles. The van der Waals surface area contributed by atoms with Crippen LogP contribution < -0.4 is 5.32 Å². The fraction of sp³-hybridized carbons (Fsp3) is 0.333. The van der Waals surface area contributed by atoms with Crippen LogP contribution in [0.3, 0.4) is 0 Å². The van der Waals surface area contributed by atoms with E-state index in [9.17, 15) is 4.39 Å². The van der Waals surface area contributed by atoms with Crippen LogP contribution in [-0.4, -0.2) is 16.5 Å². The Hall–Kier alpha value is -1.97. The molecule has 0 radical (unpaired) electrons. The molecule has 2 aromatic rings. The Kier molecular flexibility index (Phi) is 3.79. The predicted molar refractivity (Wildman–Crippen MR) is 74.7 cm³/mol. The van der Waals surface area contributed by atoms with E-state index in [0.29, 0.717) is 6.54 Å². The van der Waals surface area contributed by atoms with Crippen LogP contribution in [0.1, 0.15) is 25.1 Å². The van der Waals surface area contributed by atoms with Gasteiger partial charge in [-0.3, -0.25) is 4.98 Å². The molecule has 1 aromatic carbocycles. The Morgan fingerprint density at radius 2 is 2.05 bits per heavy atom. The fourth-order valence-corrected chi connectivity index (χ4v) is 1.87. The van der Waals surface area contributed by atoms with E-state index in [1.54, 1.807) is 24.5 Å². The van der Waals surface area contributed by atoms with Crippen molar-refractivity contribution >= 4 is 5.82 Å². The summed E-state index contributed by atoms with van der Waals surface area (Å²) in [6.45, 7) is 6.69. The molecule has 0 amide bonds. The van der Waals surface area contributed by atoms with E-state index in [2.05, 4.69) is 29.1 Å². The number of halogens is 1. The van der Waals surface area contributed by atoms with Crippen molar-refractivity contribution < 1.29 is 4.39 Å². The van der Waals surface area contributed by atoms with Crippen LogP contribution in [0.15, 0.2) is 36.7 Å². The summed E-state index contributed by atoms with van der Waals surface area (Å²) in [4.78, 5) is 8.43. The predicted octanol–water partition coefficient (Wildman–Crippen LogP) is 3.31. The van der Waals surface area contributed by atoms with E-state index in [-0.39, 0.29) is 11.2 Å². The number of nitrogens with zero attached hydrogens (tertiary/aromatic N) is 2. The number of benzene rings is 1. The van der Waals surface area contributed by atoms with Gasteiger partial charge in [0.25, 0.3) is 0 Å². The van der Waals surface area contributed by atoms with Gasteiger partial charge in [0.1, 0.15) is 11.6 Å². The van der Waals surface area contributed by atoms with Gasteiger partial charge in [0.2, 0.25) is 0 Å². The molecular formula is C15H18FN3. The maximum absolute atomic E-state index is 13.3. The molecule has 2 rings (SSSR count). The molecule has 100 valence electrons. The molecule has 4 heteroatoms. The van der Waals surface area contributed by atoms with Crippen molar-refractivity contribution in [2.45, 2.75) is 26.2 Å². The lowest BCUT2D eigenvalue weighted by Crippen LogP contribution is -2.28. The zero-order valence-electron chi connectivity index (χ0n) is 11.4. The van der Waals surface area contributed by atoms with E-state index >= 15 is 0 Å². The van der Waals surface area contributed by atoms with Crippen LogP contribution >= 0.6 is 0 Å². The number of anilines is 1. The lowest BCUT2D eigenvalue weighted by molar-refractivity contribution is 0.545. The van der Waals surface area contributed by atoms with Crippen molar-refractivity contribution in [1.82, 2.24) is 9.97 Å². The van der Waals surface area contributed by atoms with Gasteiger partial charge in [0.15, 0.2) is 0 Å². The molecule has 0 aliphatic rings. The van der Waals surface area contributed by atoms with Crippen molar-refractivity contribution in [3.63, 3.8) is 0 Å². The highest BCUT2D eigenvalue weighted by molar-refractivity contribution is 5.34. The van der Waals surface area contributed by atoms with Crippen molar-refractivity contribution in [1.29, 1.82) is 0 Å². The third-order valence-electron chi connectivity index (χ3n) is 3.07. The minimum Gasteiger partial charge on any atom is -0.368 e. The molecule has 0 aliphatic heterocycles. The van der Waals surface area contributed by atoms with Gasteiger partial charge >= 0.3 is 0 Å². The highest BCUT2D eigenvalue weighted by Crippen LogP contribution is 2.24. The molecule has 1 N–H and O–H groups in total. The second kappa shape index (κ2) is 5.34. The SMILES string of the molecule is Cc1cncc(NCC(C)(C)c2cccc(F)c2)n1. The van der Waals surface area contributed by atoms with Gasteiger partial charge in [0.05, 0.1) is 11.9 Å². The molecule has 0 saturated carbocycles. The van der Waals surface area contributed by atoms with Gasteiger partial charge < -0.3 is 5.32 Å². The minimum atomic E-state index is -0.207. The summed E-state index contributed by atoms with van der Waals surface area (Å²) in [7, 11) is 0. The molecule has 0 aliphatic carbocycles. The summed E-state index contributed by atoms with van der Waals surface area (Å²) in [5.41, 5.74) is 1.64. The number of aryl methyl sites for hydroxylation is 1. The number of hydrogen-bond acceptors (Lipinski definition) is 3. The van der Waals surface area contributed by atoms with Gasteiger partial charge in [-0.05, 0) is 24.6 Å². The molecule has 0 bridgehead atoms. The van der Waals surface area contributed by atoms with Crippen LogP contribution in [-0.2, 0) is 5.41 Å². The van der Waals surface area contributed by atoms with Gasteiger partial charge in [-0.2, -0.15) is 0 Å². The van der Waals surface area contributed by atoms with Gasteiger partial charge in [-0.1, -0.05) is 26.0 Å². The van der Waals surface area contributed by atoms with Gasteiger partial charge in [-0.15, -0.1) is 0 Å². The third kappa shape index (κ3) is 3.50. The summed E-state index contributed by atoms with van der Waals surface area (Å²) in [6.07, 6.45) is 3.40. The second-order valence-corrected chi connectivity index (χ2v) is 5.29. The monoisotopic (exact) mass is 259 g/mol. The summed E-state index contributed by atoms with van der Waals surface area (Å²) < 4.78 is 13.3. The average Bonchev–Trinajstić information content (AvgIpc) is 2.37. The first kappa shape index (κ1) is 13.5. The van der Waals surface area contributed by atoms with E-state index in [1.807, 2.05) is 13.0 Å². The molecule has 0 fully saturated rings. The van der Waals surface area contributed by atoms with Crippen LogP contribution in [0.5, 0.6) is 0 Å². The molecule has 3 nitrogen and oxygen atoms in total. The molecule has 0 spiro atoms. The van der Waals surface area contributed by atoms with E-state index in [1.165, 1.54) is 6.07 Å². The van der Waals surface area contributed by atoms with Crippen LogP contribution in [0.4, 0.5) is 10.2 Å². The summed E-state index contributed by atoms with van der Waals surface area (Å²) >= 11 is 0. The first-order valence-corrected chi connectivity index (χ1v) is 6.26.